The third-order valence-electron chi connectivity index (χ3n) is 13.8. The fourth-order valence-electron chi connectivity index (χ4n) is 9.44. The van der Waals surface area contributed by atoms with Crippen LogP contribution in [0, 0.1) is 23.7 Å². The normalized spacial score (nSPS) is 14.6. The molecule has 0 bridgehead atoms. The van der Waals surface area contributed by atoms with Crippen LogP contribution in [0.3, 0.4) is 0 Å². The summed E-state index contributed by atoms with van der Waals surface area (Å²) in [6, 6.07) is 0. The first-order valence-corrected chi connectivity index (χ1v) is 29.7. The first-order chi connectivity index (χ1) is 27.9. The van der Waals surface area contributed by atoms with Gasteiger partial charge in [-0.2, -0.15) is 0 Å². The van der Waals surface area contributed by atoms with Gasteiger partial charge in [-0.15, -0.1) is 0 Å². The molecule has 0 aromatic carbocycles. The molecule has 0 aliphatic heterocycles. The maximum Gasteiger partial charge on any atom is -0.0193 e. The third-order valence-corrected chi connectivity index (χ3v) is 17.6. The summed E-state index contributed by atoms with van der Waals surface area (Å²) in [6.45, 7) is 23.7. The summed E-state index contributed by atoms with van der Waals surface area (Å²) in [5.41, 5.74) is 1.47. The van der Waals surface area contributed by atoms with Gasteiger partial charge in [-0.1, -0.05) is 110 Å². The second kappa shape index (κ2) is 45.9. The number of halogens is 1. The molecule has 0 aromatic heterocycles. The molecule has 0 amide bonds. The molecule has 5 atom stereocenters. The Labute approximate surface area is 374 Å². The van der Waals surface area contributed by atoms with E-state index >= 15 is 0 Å². The summed E-state index contributed by atoms with van der Waals surface area (Å²) in [4.78, 5) is 0. The number of hydrogen-bond donors (Lipinski definition) is 1. The number of nitrogens with one attached hydrogen (secondary N) is 1. The summed E-state index contributed by atoms with van der Waals surface area (Å²) >= 11 is 0.367. The van der Waals surface area contributed by atoms with Crippen LogP contribution in [-0.4, -0.2) is 21.4 Å². The minimum absolute atomic E-state index is 0.367. The van der Waals surface area contributed by atoms with E-state index in [1.54, 1.807) is 4.43 Å². The van der Waals surface area contributed by atoms with Crippen molar-refractivity contribution in [2.75, 3.05) is 17.5 Å². The summed E-state index contributed by atoms with van der Waals surface area (Å²) in [7, 11) is 0. The van der Waals surface area contributed by atoms with E-state index in [2.05, 4.69) is 60.4 Å². The van der Waals surface area contributed by atoms with E-state index in [0.29, 0.717) is 27.1 Å². The van der Waals surface area contributed by atoms with E-state index in [1.807, 2.05) is 0 Å². The molecule has 1 N–H and O–H groups in total. The van der Waals surface area contributed by atoms with E-state index in [0.717, 1.165) is 28.2 Å². The van der Waals surface area contributed by atoms with Crippen molar-refractivity contribution in [2.24, 2.45) is 23.7 Å². The Hall–Kier alpha value is 0.430. The second-order valence-corrected chi connectivity index (χ2v) is 23.2. The topological polar surface area (TPSA) is 12.0 Å². The van der Waals surface area contributed by atoms with E-state index in [4.69, 9.17) is 0 Å². The quantitative estimate of drug-likeness (QED) is 0.0278. The maximum atomic E-state index is 4.64. The number of hydrogen-bond acceptors (Lipinski definition) is 1. The van der Waals surface area contributed by atoms with Gasteiger partial charge < -0.3 is 0 Å². The monoisotopic (exact) mass is 913 g/mol. The summed E-state index contributed by atoms with van der Waals surface area (Å²) < 4.78 is 2.63. The van der Waals surface area contributed by atoms with Gasteiger partial charge in [0.1, 0.15) is 0 Å². The Balaban J connectivity index is 4.58. The Kier molecular flexibility index (Phi) is 46.3. The van der Waals surface area contributed by atoms with Crippen molar-refractivity contribution in [3.63, 3.8) is 0 Å². The molecule has 0 aliphatic rings. The molecule has 0 aliphatic carbocycles. The molecule has 344 valence electrons. The van der Waals surface area contributed by atoms with Crippen LogP contribution in [0.4, 0.5) is 0 Å². The van der Waals surface area contributed by atoms with Crippen LogP contribution < -0.4 is 26.5 Å². The van der Waals surface area contributed by atoms with E-state index < -0.39 is 0 Å². The minimum atomic E-state index is 0.367. The molecule has 0 radical (unpaired) electrons. The largest absolute Gasteiger partial charge is 0.0654 e. The molecule has 0 saturated heterocycles. The molecule has 0 heterocycles. The zero-order valence-corrected chi connectivity index (χ0v) is 43.1. The maximum absolute atomic E-state index is 4.64. The van der Waals surface area contributed by atoms with Crippen LogP contribution in [0.1, 0.15) is 292 Å². The third kappa shape index (κ3) is 37.9. The van der Waals surface area contributed by atoms with Crippen LogP contribution in [-0.2, 0) is 0 Å². The predicted molar refractivity (Wildman–Crippen MR) is 260 cm³/mol. The summed E-state index contributed by atoms with van der Waals surface area (Å²) in [6.07, 6.45) is 54.9. The van der Waals surface area contributed by atoms with Crippen LogP contribution in [0.15, 0.2) is 12.2 Å². The van der Waals surface area contributed by atoms with Gasteiger partial charge in [0.15, 0.2) is 0 Å². The zero-order valence-electron chi connectivity index (χ0n) is 41.0. The first-order valence-electron chi connectivity index (χ1n) is 26.9. The van der Waals surface area contributed by atoms with Gasteiger partial charge in [-0.3, -0.25) is 0 Å². The minimum Gasteiger partial charge on any atom is -0.0654 e. The van der Waals surface area contributed by atoms with Gasteiger partial charge in [-0.25, -0.2) is 0 Å². The van der Waals surface area contributed by atoms with Gasteiger partial charge in [0.05, 0.1) is 0 Å². The fraction of sp³-hybridized carbons (Fsp3) is 0.964. The van der Waals surface area contributed by atoms with Crippen molar-refractivity contribution in [2.45, 2.75) is 296 Å². The molecule has 57 heavy (non-hydrogen) atoms. The van der Waals surface area contributed by atoms with Gasteiger partial charge >= 0.3 is 235 Å². The molecule has 2 heteroatoms. The van der Waals surface area contributed by atoms with Gasteiger partial charge in [0.25, 0.3) is 0 Å². The molecule has 1 nitrogen and oxygen atoms in total. The number of alkyl halides is 2. The van der Waals surface area contributed by atoms with Crippen molar-refractivity contribution in [3.8, 4) is 0 Å². The Bertz CT molecular complexity index is 778. The van der Waals surface area contributed by atoms with Crippen molar-refractivity contribution >= 4 is 0 Å². The van der Waals surface area contributed by atoms with Crippen molar-refractivity contribution < 1.29 is 21.2 Å². The average Bonchev–Trinajstić information content (AvgIpc) is 3.21. The molecular formula is C55H111IN-. The molecular weight excluding hydrogens is 802 g/mol. The van der Waals surface area contributed by atoms with Crippen molar-refractivity contribution in [1.29, 1.82) is 0 Å². The summed E-state index contributed by atoms with van der Waals surface area (Å²) in [5, 5.41) is 3.85. The van der Waals surface area contributed by atoms with Gasteiger partial charge in [-0.05, 0) is 24.7 Å². The SMILES string of the molecule is C=C(CNCCCCC(CCCCCCC)CCCCCC[I-]C(C)C(CCCCCC)CCCCCCCC)C(C)C(CCCCCC)CCCCCCCC. The zero-order chi connectivity index (χ0) is 41.9. The first kappa shape index (κ1) is 57.4. The smallest absolute Gasteiger partial charge is 0.0193 e. The van der Waals surface area contributed by atoms with E-state index in [-0.39, 0.29) is 0 Å². The van der Waals surface area contributed by atoms with Gasteiger partial charge in [0, 0.05) is 6.54 Å². The Morgan fingerprint density at radius 1 is 0.404 bits per heavy atom. The van der Waals surface area contributed by atoms with Crippen molar-refractivity contribution in [3.05, 3.63) is 12.2 Å². The van der Waals surface area contributed by atoms with Crippen LogP contribution in [0.2, 0.25) is 0 Å². The van der Waals surface area contributed by atoms with Crippen LogP contribution >= 0.6 is 0 Å². The fourth-order valence-corrected chi connectivity index (χ4v) is 12.8. The Morgan fingerprint density at radius 2 is 0.737 bits per heavy atom. The standard InChI is InChI=1S/C55H111IN/c1-9-14-19-24-27-35-44-54(43-33-22-17-12-4)51(7)50(6)49-57-48-39-37-42-53(40-31-26-21-16-11-3)41-32-29-30-38-47-56-52(8)55(45-34-23-18-13-5)46-36-28-25-20-15-10-2/h51-55,57H,6,9-49H2,1-5,7-8H3/q-1. The van der Waals surface area contributed by atoms with Crippen molar-refractivity contribution in [1.82, 2.24) is 5.32 Å². The van der Waals surface area contributed by atoms with Crippen LogP contribution in [0.5, 0.6) is 0 Å². The van der Waals surface area contributed by atoms with E-state index in [9.17, 15) is 0 Å². The number of unbranched alkanes of at least 4 members (excludes halogenated alkanes) is 24. The molecule has 0 saturated carbocycles. The molecule has 5 unspecified atom stereocenters. The number of rotatable bonds is 48. The molecule has 0 rings (SSSR count). The van der Waals surface area contributed by atoms with E-state index in [1.165, 1.54) is 256 Å². The van der Waals surface area contributed by atoms with Gasteiger partial charge in [0.2, 0.25) is 0 Å². The average molecular weight is 913 g/mol. The second-order valence-electron chi connectivity index (χ2n) is 19.2. The molecule has 0 fully saturated rings. The van der Waals surface area contributed by atoms with Crippen LogP contribution in [0.25, 0.3) is 0 Å². The predicted octanol–water partition coefficient (Wildman–Crippen LogP) is 16.0. The Morgan fingerprint density at radius 3 is 1.18 bits per heavy atom. The molecule has 0 spiro atoms. The molecule has 0 aromatic rings. The summed E-state index contributed by atoms with van der Waals surface area (Å²) in [5.74, 6) is 3.50.